The van der Waals surface area contributed by atoms with Crippen LogP contribution in [0.4, 0.5) is 0 Å². The van der Waals surface area contributed by atoms with Gasteiger partial charge in [0.15, 0.2) is 0 Å². The first-order chi connectivity index (χ1) is 7.97. The van der Waals surface area contributed by atoms with Gasteiger partial charge in [0.1, 0.15) is 5.82 Å². The molecule has 3 N–H and O–H groups in total. The zero-order chi connectivity index (χ0) is 13.0. The third-order valence-corrected chi connectivity index (χ3v) is 3.28. The Hall–Kier alpha value is -0.910. The molecule has 0 fully saturated rings. The molecule has 5 nitrogen and oxygen atoms in total. The van der Waals surface area contributed by atoms with E-state index >= 15 is 0 Å². The molecule has 0 saturated heterocycles. The fourth-order valence-corrected chi connectivity index (χ4v) is 1.89. The lowest BCUT2D eigenvalue weighted by Crippen LogP contribution is -2.50. The molecule has 0 saturated carbocycles. The van der Waals surface area contributed by atoms with Crippen molar-refractivity contribution in [2.24, 2.45) is 18.7 Å². The number of nitrogens with zero attached hydrogens (tertiary/aromatic N) is 3. The molecule has 0 aliphatic rings. The molecule has 0 amide bonds. The maximum Gasteiger partial charge on any atom is 0.122 e. The van der Waals surface area contributed by atoms with Crippen LogP contribution in [0, 0.1) is 5.92 Å². The Morgan fingerprint density at radius 3 is 2.59 bits per heavy atom. The van der Waals surface area contributed by atoms with Gasteiger partial charge in [0.2, 0.25) is 0 Å². The van der Waals surface area contributed by atoms with E-state index in [1.54, 1.807) is 6.20 Å². The van der Waals surface area contributed by atoms with Gasteiger partial charge in [0.05, 0.1) is 13.2 Å². The summed E-state index contributed by atoms with van der Waals surface area (Å²) in [4.78, 5) is 6.34. The third kappa shape index (κ3) is 3.52. The van der Waals surface area contributed by atoms with Crippen molar-refractivity contribution in [1.29, 1.82) is 0 Å². The van der Waals surface area contributed by atoms with Gasteiger partial charge in [-0.15, -0.1) is 0 Å². The SMILES string of the molecule is CC(C)C(N)C(CO)N(C)Cc1nccn1C. The van der Waals surface area contributed by atoms with E-state index in [-0.39, 0.29) is 18.7 Å². The van der Waals surface area contributed by atoms with E-state index in [1.165, 1.54) is 0 Å². The standard InChI is InChI=1S/C12H24N4O/c1-9(2)12(13)10(8-17)16(4)7-11-14-5-6-15(11)3/h5-6,9-10,12,17H,7-8,13H2,1-4H3. The minimum Gasteiger partial charge on any atom is -0.395 e. The molecule has 5 heteroatoms. The molecule has 2 unspecified atom stereocenters. The van der Waals surface area contributed by atoms with Crippen molar-refractivity contribution < 1.29 is 5.11 Å². The fraction of sp³-hybridized carbons (Fsp3) is 0.750. The number of nitrogens with two attached hydrogens (primary N) is 1. The quantitative estimate of drug-likeness (QED) is 0.745. The van der Waals surface area contributed by atoms with Crippen LogP contribution >= 0.6 is 0 Å². The molecular formula is C12H24N4O. The number of aliphatic hydroxyl groups excluding tert-OH is 1. The molecule has 1 heterocycles. The summed E-state index contributed by atoms with van der Waals surface area (Å²) in [7, 11) is 3.93. The second-order valence-corrected chi connectivity index (χ2v) is 4.94. The van der Waals surface area contributed by atoms with Gasteiger partial charge in [0, 0.05) is 31.5 Å². The first-order valence-electron chi connectivity index (χ1n) is 6.00. The lowest BCUT2D eigenvalue weighted by atomic mass is 9.97. The highest BCUT2D eigenvalue weighted by Crippen LogP contribution is 2.11. The molecule has 17 heavy (non-hydrogen) atoms. The summed E-state index contributed by atoms with van der Waals surface area (Å²) in [5, 5.41) is 9.46. The van der Waals surface area contributed by atoms with Gasteiger partial charge >= 0.3 is 0 Å². The second kappa shape index (κ2) is 6.14. The Bertz CT molecular complexity index is 337. The normalized spacial score (nSPS) is 15.5. The van der Waals surface area contributed by atoms with Crippen LogP contribution < -0.4 is 5.73 Å². The van der Waals surface area contributed by atoms with Crippen LogP contribution in [0.15, 0.2) is 12.4 Å². The number of aryl methyl sites for hydroxylation is 1. The van der Waals surface area contributed by atoms with Crippen molar-refractivity contribution in [2.45, 2.75) is 32.5 Å². The van der Waals surface area contributed by atoms with Crippen LogP contribution in [0.3, 0.4) is 0 Å². The maximum atomic E-state index is 9.46. The Labute approximate surface area is 103 Å². The van der Waals surface area contributed by atoms with Crippen molar-refractivity contribution in [2.75, 3.05) is 13.7 Å². The number of likely N-dealkylation sites (N-methyl/N-ethyl adjacent to an activating group) is 1. The average Bonchev–Trinajstić information content (AvgIpc) is 2.65. The van der Waals surface area contributed by atoms with Crippen LogP contribution in [-0.4, -0.2) is 45.3 Å². The summed E-state index contributed by atoms with van der Waals surface area (Å²) in [6.07, 6.45) is 3.69. The maximum absolute atomic E-state index is 9.46. The van der Waals surface area contributed by atoms with Gasteiger partial charge in [0.25, 0.3) is 0 Å². The van der Waals surface area contributed by atoms with Gasteiger partial charge in [-0.2, -0.15) is 0 Å². The molecule has 0 aromatic carbocycles. The van der Waals surface area contributed by atoms with Crippen molar-refractivity contribution in [1.82, 2.24) is 14.5 Å². The molecule has 0 aliphatic heterocycles. The molecule has 98 valence electrons. The molecule has 1 aromatic rings. The Morgan fingerprint density at radius 1 is 1.53 bits per heavy atom. The van der Waals surface area contributed by atoms with E-state index < -0.39 is 0 Å². The Kier molecular flexibility index (Phi) is 5.11. The largest absolute Gasteiger partial charge is 0.395 e. The topological polar surface area (TPSA) is 67.3 Å². The van der Waals surface area contributed by atoms with Crippen LogP contribution in [0.1, 0.15) is 19.7 Å². The number of hydrogen-bond acceptors (Lipinski definition) is 4. The van der Waals surface area contributed by atoms with Crippen LogP contribution in [0.5, 0.6) is 0 Å². The first-order valence-corrected chi connectivity index (χ1v) is 6.00. The smallest absolute Gasteiger partial charge is 0.122 e. The monoisotopic (exact) mass is 240 g/mol. The van der Waals surface area contributed by atoms with Gasteiger partial charge in [-0.1, -0.05) is 13.8 Å². The summed E-state index contributed by atoms with van der Waals surface area (Å²) >= 11 is 0. The molecule has 0 spiro atoms. The predicted octanol–water partition coefficient (Wildman–Crippen LogP) is 0.196. The van der Waals surface area contributed by atoms with Gasteiger partial charge in [-0.25, -0.2) is 4.98 Å². The van der Waals surface area contributed by atoms with Crippen molar-refractivity contribution >= 4 is 0 Å². The molecular weight excluding hydrogens is 216 g/mol. The summed E-state index contributed by atoms with van der Waals surface area (Å²) in [5.41, 5.74) is 6.11. The van der Waals surface area contributed by atoms with E-state index in [0.717, 1.165) is 5.82 Å². The first kappa shape index (κ1) is 14.2. The molecule has 0 bridgehead atoms. The zero-order valence-electron chi connectivity index (χ0n) is 11.2. The number of imidazole rings is 1. The number of hydrogen-bond donors (Lipinski definition) is 2. The second-order valence-electron chi connectivity index (χ2n) is 4.94. The third-order valence-electron chi connectivity index (χ3n) is 3.28. The van der Waals surface area contributed by atoms with Gasteiger partial charge in [-0.05, 0) is 13.0 Å². The summed E-state index contributed by atoms with van der Waals surface area (Å²) in [6.45, 7) is 4.90. The van der Waals surface area contributed by atoms with E-state index in [9.17, 15) is 5.11 Å². The van der Waals surface area contributed by atoms with E-state index in [1.807, 2.05) is 24.9 Å². The minimum atomic E-state index is -0.0368. The summed E-state index contributed by atoms with van der Waals surface area (Å²) < 4.78 is 1.98. The number of aliphatic hydroxyl groups is 1. The summed E-state index contributed by atoms with van der Waals surface area (Å²) in [6, 6.07) is -0.0723. The predicted molar refractivity (Wildman–Crippen MR) is 68.4 cm³/mol. The van der Waals surface area contributed by atoms with Crippen LogP contribution in [0.25, 0.3) is 0 Å². The van der Waals surface area contributed by atoms with Crippen LogP contribution in [0.2, 0.25) is 0 Å². The molecule has 0 aliphatic carbocycles. The highest BCUT2D eigenvalue weighted by molar-refractivity contribution is 4.93. The lowest BCUT2D eigenvalue weighted by molar-refractivity contribution is 0.105. The lowest BCUT2D eigenvalue weighted by Gasteiger charge is -2.33. The Morgan fingerprint density at radius 2 is 2.18 bits per heavy atom. The van der Waals surface area contributed by atoms with E-state index in [0.29, 0.717) is 12.5 Å². The molecule has 0 radical (unpaired) electrons. The van der Waals surface area contributed by atoms with Crippen molar-refractivity contribution in [3.8, 4) is 0 Å². The van der Waals surface area contributed by atoms with Crippen LogP contribution in [-0.2, 0) is 13.6 Å². The summed E-state index contributed by atoms with van der Waals surface area (Å²) in [5.74, 6) is 1.32. The van der Waals surface area contributed by atoms with Crippen molar-refractivity contribution in [3.05, 3.63) is 18.2 Å². The minimum absolute atomic E-state index is 0.0355. The fourth-order valence-electron chi connectivity index (χ4n) is 1.89. The number of aromatic nitrogens is 2. The van der Waals surface area contributed by atoms with E-state index in [4.69, 9.17) is 5.73 Å². The van der Waals surface area contributed by atoms with Crippen molar-refractivity contribution in [3.63, 3.8) is 0 Å². The highest BCUT2D eigenvalue weighted by Gasteiger charge is 2.24. The number of rotatable bonds is 6. The van der Waals surface area contributed by atoms with E-state index in [2.05, 4.69) is 23.7 Å². The van der Waals surface area contributed by atoms with Gasteiger partial charge in [-0.3, -0.25) is 4.90 Å². The molecule has 1 rings (SSSR count). The highest BCUT2D eigenvalue weighted by atomic mass is 16.3. The molecule has 2 atom stereocenters. The average molecular weight is 240 g/mol. The Balaban J connectivity index is 2.67. The van der Waals surface area contributed by atoms with Gasteiger partial charge < -0.3 is 15.4 Å². The molecule has 1 aromatic heterocycles. The zero-order valence-corrected chi connectivity index (χ0v) is 11.2.